The number of azo groups is 1. The van der Waals surface area contributed by atoms with Crippen LogP contribution in [-0.2, 0) is 9.53 Å². The Hall–Kier alpha value is -4.58. The first-order chi connectivity index (χ1) is 33.1. The van der Waals surface area contributed by atoms with E-state index in [0.717, 1.165) is 109 Å². The number of aliphatic imine (C=N–C) groups is 1. The molecule has 3 fully saturated rings. The van der Waals surface area contributed by atoms with Crippen molar-refractivity contribution >= 4 is 34.8 Å². The Morgan fingerprint density at radius 3 is 2.13 bits per heavy atom. The van der Waals surface area contributed by atoms with Crippen molar-refractivity contribution in [3.8, 4) is 5.75 Å². The van der Waals surface area contributed by atoms with Gasteiger partial charge in [-0.05, 0) is 176 Å². The van der Waals surface area contributed by atoms with Crippen molar-refractivity contribution in [2.45, 2.75) is 176 Å². The molecule has 0 aromatic heterocycles. The number of unbranched alkanes of at least 4 members (excludes halogenated alkanes) is 7. The van der Waals surface area contributed by atoms with Crippen molar-refractivity contribution < 1.29 is 14.3 Å². The maximum Gasteiger partial charge on any atom is 0.306 e. The summed E-state index contributed by atoms with van der Waals surface area (Å²) in [5, 5.41) is 8.84. The van der Waals surface area contributed by atoms with Gasteiger partial charge in [-0.25, -0.2) is 0 Å². The predicted molar refractivity (Wildman–Crippen MR) is 282 cm³/mol. The Kier molecular flexibility index (Phi) is 17.5. The fourth-order valence-corrected chi connectivity index (χ4v) is 13.5. The van der Waals surface area contributed by atoms with E-state index in [9.17, 15) is 4.79 Å². The zero-order valence-corrected chi connectivity index (χ0v) is 42.5. The molecule has 3 aromatic rings. The molecular weight excluding hydrogens is 835 g/mol. The number of esters is 1. The lowest BCUT2D eigenvalue weighted by Gasteiger charge is -2.58. The lowest BCUT2D eigenvalue weighted by molar-refractivity contribution is -0.151. The van der Waals surface area contributed by atoms with E-state index in [2.05, 4.69) is 98.4 Å². The van der Waals surface area contributed by atoms with Crippen LogP contribution in [0.4, 0.5) is 17.1 Å². The molecule has 0 heterocycles. The van der Waals surface area contributed by atoms with Gasteiger partial charge in [0.05, 0.1) is 23.7 Å². The van der Waals surface area contributed by atoms with Gasteiger partial charge in [-0.15, -0.1) is 0 Å². The smallest absolute Gasteiger partial charge is 0.306 e. The topological polar surface area (TPSA) is 72.6 Å². The highest BCUT2D eigenvalue weighted by atomic mass is 16.5. The van der Waals surface area contributed by atoms with Crippen molar-refractivity contribution in [1.82, 2.24) is 0 Å². The van der Waals surface area contributed by atoms with Crippen molar-refractivity contribution in [2.75, 3.05) is 6.61 Å². The van der Waals surface area contributed by atoms with E-state index in [4.69, 9.17) is 9.47 Å². The number of rotatable bonds is 23. The van der Waals surface area contributed by atoms with Gasteiger partial charge in [0.1, 0.15) is 11.9 Å². The summed E-state index contributed by atoms with van der Waals surface area (Å²) in [7, 11) is 0. The van der Waals surface area contributed by atoms with Crippen LogP contribution in [0.3, 0.4) is 0 Å². The summed E-state index contributed by atoms with van der Waals surface area (Å²) in [6.07, 6.45) is 36.1. The maximum atomic E-state index is 13.0. The van der Waals surface area contributed by atoms with Crippen LogP contribution in [0, 0.1) is 46.3 Å². The third-order valence-corrected chi connectivity index (χ3v) is 17.5. The first-order valence-electron chi connectivity index (χ1n) is 27.2. The van der Waals surface area contributed by atoms with E-state index in [1.165, 1.54) is 101 Å². The molecule has 3 saturated carbocycles. The molecule has 8 atom stereocenters. The van der Waals surface area contributed by atoms with Crippen molar-refractivity contribution in [1.29, 1.82) is 0 Å². The lowest BCUT2D eigenvalue weighted by atomic mass is 9.47. The molecule has 6 nitrogen and oxygen atoms in total. The Bertz CT molecular complexity index is 2240. The third-order valence-electron chi connectivity index (χ3n) is 17.5. The number of carbonyl (C=O) groups excluding carboxylic acids is 1. The van der Waals surface area contributed by atoms with Gasteiger partial charge in [0.25, 0.3) is 0 Å². The molecule has 5 aliphatic carbocycles. The standard InChI is InChI=1S/C62H83N3O3/c1-45(2)17-16-18-46(3)57-36-37-58-56-35-26-50-43-55(38-40-61(50,4)59(56)39-41-62(57,58)5)68-60(66)21-12-10-8-6-7-9-11-15-42-67-54-33-31-53(32-34-54)65-64-52-27-22-47(23-28-52)44-63-51-29-24-49(25-30-51)48-19-13-14-20-48/h13-14,19,22-34,44-46,55-59H,6-12,15-18,20-21,35-43H2,1-5H3/t46-,55+,56+,57-,58+,59+,61+,62-/m1/s1. The highest BCUT2D eigenvalue weighted by Gasteiger charge is 2.59. The number of allylic oxidation sites excluding steroid dienone is 5. The van der Waals surface area contributed by atoms with Gasteiger partial charge in [0.15, 0.2) is 0 Å². The van der Waals surface area contributed by atoms with E-state index < -0.39 is 0 Å². The van der Waals surface area contributed by atoms with Crippen LogP contribution in [0.1, 0.15) is 181 Å². The summed E-state index contributed by atoms with van der Waals surface area (Å²) in [5.41, 5.74) is 8.58. The summed E-state index contributed by atoms with van der Waals surface area (Å²) >= 11 is 0. The molecule has 8 rings (SSSR count). The number of hydrogen-bond donors (Lipinski definition) is 0. The average Bonchev–Trinajstić information content (AvgIpc) is 4.01. The van der Waals surface area contributed by atoms with Gasteiger partial charge in [0, 0.05) is 19.1 Å². The second-order valence-electron chi connectivity index (χ2n) is 22.5. The van der Waals surface area contributed by atoms with Crippen molar-refractivity contribution in [3.05, 3.63) is 114 Å². The van der Waals surface area contributed by atoms with Gasteiger partial charge in [-0.1, -0.05) is 147 Å². The van der Waals surface area contributed by atoms with Gasteiger partial charge in [-0.2, -0.15) is 10.2 Å². The molecule has 0 saturated heterocycles. The van der Waals surface area contributed by atoms with Gasteiger partial charge < -0.3 is 9.47 Å². The van der Waals surface area contributed by atoms with Crippen molar-refractivity contribution in [2.24, 2.45) is 61.6 Å². The molecule has 364 valence electrons. The monoisotopic (exact) mass is 918 g/mol. The van der Waals surface area contributed by atoms with Crippen LogP contribution in [0.5, 0.6) is 5.75 Å². The van der Waals surface area contributed by atoms with Crippen LogP contribution in [0.25, 0.3) is 5.57 Å². The average molecular weight is 918 g/mol. The molecule has 0 amide bonds. The summed E-state index contributed by atoms with van der Waals surface area (Å²) in [5.74, 6) is 6.03. The molecule has 0 aliphatic heterocycles. The second-order valence-corrected chi connectivity index (χ2v) is 22.5. The van der Waals surface area contributed by atoms with E-state index in [1.54, 1.807) is 5.57 Å². The number of nitrogens with zero attached hydrogens (tertiary/aromatic N) is 3. The van der Waals surface area contributed by atoms with Crippen LogP contribution in [0.2, 0.25) is 0 Å². The zero-order chi connectivity index (χ0) is 47.4. The molecule has 0 spiro atoms. The van der Waals surface area contributed by atoms with Crippen LogP contribution in [0.15, 0.2) is 118 Å². The Labute approximate surface area is 410 Å². The Morgan fingerprint density at radius 2 is 1.43 bits per heavy atom. The molecule has 0 N–H and O–H groups in total. The van der Waals surface area contributed by atoms with Crippen molar-refractivity contribution in [3.63, 3.8) is 0 Å². The number of fused-ring (bicyclic) bond motifs is 5. The second kappa shape index (κ2) is 23.8. The fraction of sp³-hybridized carbons (Fsp3) is 0.581. The summed E-state index contributed by atoms with van der Waals surface area (Å²) in [6, 6.07) is 24.1. The zero-order valence-electron chi connectivity index (χ0n) is 42.5. The third kappa shape index (κ3) is 12.8. The van der Waals surface area contributed by atoms with Gasteiger partial charge in [-0.3, -0.25) is 9.79 Å². The molecule has 0 bridgehead atoms. The van der Waals surface area contributed by atoms with Crippen LogP contribution < -0.4 is 4.74 Å². The molecule has 3 aromatic carbocycles. The minimum absolute atomic E-state index is 0.0246. The largest absolute Gasteiger partial charge is 0.494 e. The molecule has 68 heavy (non-hydrogen) atoms. The molecule has 0 unspecified atom stereocenters. The predicted octanol–water partition coefficient (Wildman–Crippen LogP) is 18.0. The van der Waals surface area contributed by atoms with Crippen LogP contribution in [-0.4, -0.2) is 24.9 Å². The van der Waals surface area contributed by atoms with E-state index in [0.29, 0.717) is 17.3 Å². The fourth-order valence-electron chi connectivity index (χ4n) is 13.5. The summed E-state index contributed by atoms with van der Waals surface area (Å²) in [4.78, 5) is 17.6. The quantitative estimate of drug-likeness (QED) is 0.0313. The number of hydrogen-bond acceptors (Lipinski definition) is 6. The molecule has 0 radical (unpaired) electrons. The minimum atomic E-state index is 0.0246. The SMILES string of the molecule is CC(C)CCC[C@@H](C)[C@H]1CC[C@H]2[C@@H]3CC=C4C[C@@H](OC(=O)CCCCCCCCCCOc5ccc(N=Nc6ccc(C=Nc7ccc(C8=CC=CC8)cc7)cc6)cc5)CC[C@]4(C)[C@H]3CC[C@]12C. The summed E-state index contributed by atoms with van der Waals surface area (Å²) < 4.78 is 12.2. The number of ether oxygens (including phenoxy) is 2. The molecular formula is C62H83N3O3. The highest BCUT2D eigenvalue weighted by molar-refractivity contribution is 5.82. The maximum absolute atomic E-state index is 13.0. The van der Waals surface area contributed by atoms with E-state index >= 15 is 0 Å². The summed E-state index contributed by atoms with van der Waals surface area (Å²) in [6.45, 7) is 13.3. The lowest BCUT2D eigenvalue weighted by Crippen LogP contribution is -2.51. The number of benzene rings is 3. The van der Waals surface area contributed by atoms with Crippen LogP contribution >= 0.6 is 0 Å². The van der Waals surface area contributed by atoms with Gasteiger partial charge in [0.2, 0.25) is 0 Å². The van der Waals surface area contributed by atoms with Gasteiger partial charge >= 0.3 is 5.97 Å². The minimum Gasteiger partial charge on any atom is -0.494 e. The van der Waals surface area contributed by atoms with E-state index in [1.807, 2.05) is 54.7 Å². The Morgan fingerprint density at radius 1 is 0.735 bits per heavy atom. The highest BCUT2D eigenvalue weighted by Crippen LogP contribution is 2.67. The molecule has 5 aliphatic rings. The number of carbonyl (C=O) groups is 1. The first-order valence-corrected chi connectivity index (χ1v) is 27.2. The molecule has 6 heteroatoms. The Balaban J connectivity index is 0.646. The first kappa shape index (κ1) is 49.8. The normalized spacial score (nSPS) is 26.9. The van der Waals surface area contributed by atoms with E-state index in [-0.39, 0.29) is 12.1 Å².